The minimum absolute atomic E-state index is 0.0990. The van der Waals surface area contributed by atoms with E-state index in [4.69, 9.17) is 11.6 Å². The van der Waals surface area contributed by atoms with E-state index in [0.717, 1.165) is 0 Å². The summed E-state index contributed by atoms with van der Waals surface area (Å²) in [5.41, 5.74) is 0.266. The zero-order chi connectivity index (χ0) is 20.3. The Balaban J connectivity index is 1.69. The highest BCUT2D eigenvalue weighted by atomic mass is 35.5. The van der Waals surface area contributed by atoms with Crippen molar-refractivity contribution in [2.75, 3.05) is 26.2 Å². The van der Waals surface area contributed by atoms with Crippen molar-refractivity contribution < 1.29 is 18.1 Å². The van der Waals surface area contributed by atoms with Gasteiger partial charge in [-0.3, -0.25) is 14.9 Å². The van der Waals surface area contributed by atoms with Crippen molar-refractivity contribution in [1.82, 2.24) is 9.21 Å². The smallest absolute Gasteiger partial charge is 0.282 e. The molecule has 0 radical (unpaired) electrons. The molecule has 8 nitrogen and oxygen atoms in total. The Labute approximate surface area is 167 Å². The molecule has 1 heterocycles. The summed E-state index contributed by atoms with van der Waals surface area (Å²) < 4.78 is 26.6. The molecule has 1 saturated heterocycles. The molecule has 0 aliphatic carbocycles. The van der Waals surface area contributed by atoms with Gasteiger partial charge in [0.15, 0.2) is 0 Å². The molecule has 0 saturated carbocycles. The molecule has 1 amide bonds. The average Bonchev–Trinajstić information content (AvgIpc) is 2.67. The van der Waals surface area contributed by atoms with Crippen LogP contribution in [0.3, 0.4) is 0 Å². The average molecular weight is 424 g/mol. The molecule has 1 aliphatic rings. The van der Waals surface area contributed by atoms with Gasteiger partial charge in [0.05, 0.1) is 10.7 Å². The van der Waals surface area contributed by atoms with Crippen LogP contribution < -0.4 is 0 Å². The Morgan fingerprint density at radius 2 is 1.71 bits per heavy atom. The fourth-order valence-electron chi connectivity index (χ4n) is 3.05. The van der Waals surface area contributed by atoms with Crippen molar-refractivity contribution in [2.24, 2.45) is 0 Å². The molecule has 10 heteroatoms. The lowest BCUT2D eigenvalue weighted by atomic mass is 10.1. The maximum absolute atomic E-state index is 12.7. The number of halogens is 1. The summed E-state index contributed by atoms with van der Waals surface area (Å²) in [5.74, 6) is -0.643. The van der Waals surface area contributed by atoms with Crippen LogP contribution in [-0.2, 0) is 15.8 Å². The zero-order valence-corrected chi connectivity index (χ0v) is 16.4. The third-order valence-electron chi connectivity index (χ3n) is 4.50. The Morgan fingerprint density at radius 3 is 2.32 bits per heavy atom. The first-order valence-corrected chi connectivity index (χ1v) is 10.5. The molecular formula is C18H18ClN3O5S. The zero-order valence-electron chi connectivity index (χ0n) is 14.8. The van der Waals surface area contributed by atoms with Gasteiger partial charge in [-0.05, 0) is 17.7 Å². The van der Waals surface area contributed by atoms with E-state index in [1.54, 1.807) is 24.3 Å². The fraction of sp³-hybridized carbons (Fsp3) is 0.278. The first kappa shape index (κ1) is 20.2. The topological polar surface area (TPSA) is 101 Å². The molecule has 1 fully saturated rings. The number of sulfonamides is 1. The van der Waals surface area contributed by atoms with Crippen molar-refractivity contribution in [3.8, 4) is 0 Å². The normalized spacial score (nSPS) is 15.4. The quantitative estimate of drug-likeness (QED) is 0.543. The van der Waals surface area contributed by atoms with Crippen molar-refractivity contribution in [1.29, 1.82) is 0 Å². The Kier molecular flexibility index (Phi) is 5.97. The monoisotopic (exact) mass is 423 g/mol. The molecule has 2 aromatic rings. The van der Waals surface area contributed by atoms with Gasteiger partial charge >= 0.3 is 0 Å². The SMILES string of the molecule is O=C(c1cc(Cl)ccc1[N+](=O)[O-])N1CCN(S(=O)(=O)Cc2ccccc2)CC1. The third-order valence-corrected chi connectivity index (χ3v) is 6.58. The van der Waals surface area contributed by atoms with E-state index < -0.39 is 20.9 Å². The highest BCUT2D eigenvalue weighted by Gasteiger charge is 2.31. The molecule has 0 N–H and O–H groups in total. The van der Waals surface area contributed by atoms with Gasteiger partial charge in [0.25, 0.3) is 11.6 Å². The minimum Gasteiger partial charge on any atom is -0.336 e. The summed E-state index contributed by atoms with van der Waals surface area (Å²) in [7, 11) is -3.51. The lowest BCUT2D eigenvalue weighted by Crippen LogP contribution is -2.50. The standard InChI is InChI=1S/C18H18ClN3O5S/c19-15-6-7-17(22(24)25)16(12-15)18(23)20-8-10-21(11-9-20)28(26,27)13-14-4-2-1-3-5-14/h1-7,12H,8-11,13H2. The van der Waals surface area contributed by atoms with Crippen LogP contribution in [0.5, 0.6) is 0 Å². The number of carbonyl (C=O) groups excluding carboxylic acids is 1. The minimum atomic E-state index is -3.51. The van der Waals surface area contributed by atoms with Crippen molar-refractivity contribution >= 4 is 33.2 Å². The number of hydrogen-bond donors (Lipinski definition) is 0. The molecular weight excluding hydrogens is 406 g/mol. The number of benzene rings is 2. The lowest BCUT2D eigenvalue weighted by Gasteiger charge is -2.34. The molecule has 0 unspecified atom stereocenters. The predicted octanol–water partition coefficient (Wildman–Crippen LogP) is 2.54. The maximum Gasteiger partial charge on any atom is 0.282 e. The van der Waals surface area contributed by atoms with Gasteiger partial charge in [0, 0.05) is 37.3 Å². The van der Waals surface area contributed by atoms with E-state index in [-0.39, 0.29) is 48.2 Å². The second-order valence-electron chi connectivity index (χ2n) is 6.35. The molecule has 0 spiro atoms. The van der Waals surface area contributed by atoms with Gasteiger partial charge in [-0.2, -0.15) is 4.31 Å². The number of piperazine rings is 1. The van der Waals surface area contributed by atoms with Gasteiger partial charge in [0.2, 0.25) is 10.0 Å². The van der Waals surface area contributed by atoms with Gasteiger partial charge < -0.3 is 4.90 Å². The number of nitrogens with zero attached hydrogens (tertiary/aromatic N) is 3. The molecule has 1 aliphatic heterocycles. The molecule has 28 heavy (non-hydrogen) atoms. The van der Waals surface area contributed by atoms with E-state index in [9.17, 15) is 23.3 Å². The lowest BCUT2D eigenvalue weighted by molar-refractivity contribution is -0.385. The van der Waals surface area contributed by atoms with Crippen LogP contribution in [0.2, 0.25) is 5.02 Å². The van der Waals surface area contributed by atoms with Crippen LogP contribution in [0.4, 0.5) is 5.69 Å². The van der Waals surface area contributed by atoms with E-state index in [1.807, 2.05) is 6.07 Å². The number of amides is 1. The van der Waals surface area contributed by atoms with Crippen LogP contribution in [0.15, 0.2) is 48.5 Å². The summed E-state index contributed by atoms with van der Waals surface area (Å²) in [6, 6.07) is 12.7. The van der Waals surface area contributed by atoms with Gasteiger partial charge in [-0.25, -0.2) is 8.42 Å². The largest absolute Gasteiger partial charge is 0.336 e. The summed E-state index contributed by atoms with van der Waals surface area (Å²) in [4.78, 5) is 24.7. The van der Waals surface area contributed by atoms with Crippen LogP contribution in [0.1, 0.15) is 15.9 Å². The number of nitro benzene ring substituents is 1. The molecule has 0 atom stereocenters. The maximum atomic E-state index is 12.7. The molecule has 2 aromatic carbocycles. The van der Waals surface area contributed by atoms with Gasteiger partial charge in [-0.1, -0.05) is 41.9 Å². The van der Waals surface area contributed by atoms with Crippen molar-refractivity contribution in [3.05, 3.63) is 74.8 Å². The number of nitro groups is 1. The number of rotatable bonds is 5. The number of hydrogen-bond acceptors (Lipinski definition) is 5. The van der Waals surface area contributed by atoms with E-state index in [2.05, 4.69) is 0 Å². The second-order valence-corrected chi connectivity index (χ2v) is 8.76. The fourth-order valence-corrected chi connectivity index (χ4v) is 4.74. The summed E-state index contributed by atoms with van der Waals surface area (Å²) in [6.45, 7) is 0.567. The van der Waals surface area contributed by atoms with E-state index >= 15 is 0 Å². The molecule has 0 bridgehead atoms. The van der Waals surface area contributed by atoms with Gasteiger partial charge in [-0.15, -0.1) is 0 Å². The Morgan fingerprint density at radius 1 is 1.07 bits per heavy atom. The molecule has 3 rings (SSSR count). The third kappa shape index (κ3) is 4.49. The summed E-state index contributed by atoms with van der Waals surface area (Å²) in [6.07, 6.45) is 0. The van der Waals surface area contributed by atoms with Gasteiger partial charge in [0.1, 0.15) is 5.56 Å². The van der Waals surface area contributed by atoms with Crippen molar-refractivity contribution in [2.45, 2.75) is 5.75 Å². The Hall–Kier alpha value is -2.49. The van der Waals surface area contributed by atoms with E-state index in [0.29, 0.717) is 5.56 Å². The van der Waals surface area contributed by atoms with Crippen LogP contribution >= 0.6 is 11.6 Å². The second kappa shape index (κ2) is 8.26. The number of carbonyl (C=O) groups is 1. The first-order chi connectivity index (χ1) is 13.3. The Bertz CT molecular complexity index is 990. The van der Waals surface area contributed by atoms with Crippen LogP contribution in [0, 0.1) is 10.1 Å². The predicted molar refractivity (Wildman–Crippen MR) is 105 cm³/mol. The van der Waals surface area contributed by atoms with Crippen LogP contribution in [-0.4, -0.2) is 54.6 Å². The molecule has 0 aromatic heterocycles. The summed E-state index contributed by atoms with van der Waals surface area (Å²) in [5, 5.41) is 11.4. The first-order valence-electron chi connectivity index (χ1n) is 8.53. The summed E-state index contributed by atoms with van der Waals surface area (Å²) >= 11 is 5.88. The van der Waals surface area contributed by atoms with Crippen LogP contribution in [0.25, 0.3) is 0 Å². The highest BCUT2D eigenvalue weighted by molar-refractivity contribution is 7.88. The van der Waals surface area contributed by atoms with Crippen molar-refractivity contribution in [3.63, 3.8) is 0 Å². The molecule has 148 valence electrons. The van der Waals surface area contributed by atoms with E-state index in [1.165, 1.54) is 27.4 Å². The highest BCUT2D eigenvalue weighted by Crippen LogP contribution is 2.25.